The number of rotatable bonds is 5. The summed E-state index contributed by atoms with van der Waals surface area (Å²) in [4.78, 5) is 12.0. The first-order chi connectivity index (χ1) is 9.60. The third-order valence-electron chi connectivity index (χ3n) is 3.57. The summed E-state index contributed by atoms with van der Waals surface area (Å²) in [5.74, 6) is 0.0198. The largest absolute Gasteiger partial charge is 0.462 e. The molecule has 0 N–H and O–H groups in total. The molecule has 0 fully saturated rings. The quantitative estimate of drug-likeness (QED) is 0.781. The Kier molecular flexibility index (Phi) is 4.23. The van der Waals surface area contributed by atoms with Gasteiger partial charge in [0.25, 0.3) is 0 Å². The maximum absolute atomic E-state index is 12.0. The molecule has 0 amide bonds. The summed E-state index contributed by atoms with van der Waals surface area (Å²) in [6.07, 6.45) is 2.70. The van der Waals surface area contributed by atoms with Gasteiger partial charge in [-0.1, -0.05) is 20.4 Å². The minimum absolute atomic E-state index is 0.318. The molecule has 1 atom stereocenters. The number of ether oxygens (including phenoxy) is 1. The van der Waals surface area contributed by atoms with E-state index in [2.05, 4.69) is 25.5 Å². The first-order valence-corrected chi connectivity index (χ1v) is 6.93. The van der Waals surface area contributed by atoms with Gasteiger partial charge in [-0.3, -0.25) is 0 Å². The van der Waals surface area contributed by atoms with Crippen molar-refractivity contribution >= 4 is 17.1 Å². The number of allylic oxidation sites excluding steroid dienone is 1. The van der Waals surface area contributed by atoms with Crippen LogP contribution in [0.5, 0.6) is 0 Å². The molecule has 4 nitrogen and oxygen atoms in total. The van der Waals surface area contributed by atoms with Crippen LogP contribution in [-0.2, 0) is 4.74 Å². The van der Waals surface area contributed by atoms with Gasteiger partial charge < -0.3 is 4.74 Å². The molecule has 0 saturated heterocycles. The molecule has 2 aromatic heterocycles. The fraction of sp³-hybridized carbons (Fsp3) is 0.375. The molecular formula is C16H20N2O2. The molecule has 2 aromatic rings. The molecule has 0 spiro atoms. The van der Waals surface area contributed by atoms with E-state index in [4.69, 9.17) is 4.74 Å². The summed E-state index contributed by atoms with van der Waals surface area (Å²) in [6.45, 7) is 10.5. The monoisotopic (exact) mass is 272 g/mol. The van der Waals surface area contributed by atoms with Crippen molar-refractivity contribution in [2.75, 3.05) is 6.61 Å². The second kappa shape index (κ2) is 5.90. The average molecular weight is 272 g/mol. The average Bonchev–Trinajstić information content (AvgIpc) is 2.85. The van der Waals surface area contributed by atoms with Crippen LogP contribution in [0.4, 0.5) is 0 Å². The topological polar surface area (TPSA) is 43.6 Å². The highest BCUT2D eigenvalue weighted by Crippen LogP contribution is 2.27. The molecule has 0 saturated carbocycles. The van der Waals surface area contributed by atoms with E-state index >= 15 is 0 Å². The second-order valence-corrected chi connectivity index (χ2v) is 4.82. The van der Waals surface area contributed by atoms with Gasteiger partial charge in [-0.25, -0.2) is 9.31 Å². The first-order valence-electron chi connectivity index (χ1n) is 6.93. The Morgan fingerprint density at radius 3 is 2.90 bits per heavy atom. The zero-order valence-corrected chi connectivity index (χ0v) is 12.2. The lowest BCUT2D eigenvalue weighted by molar-refractivity contribution is 0.0529. The number of aromatic nitrogens is 2. The molecule has 0 aromatic carbocycles. The van der Waals surface area contributed by atoms with E-state index in [0.717, 1.165) is 23.2 Å². The minimum atomic E-state index is -0.318. The third kappa shape index (κ3) is 2.46. The van der Waals surface area contributed by atoms with Crippen LogP contribution in [0.2, 0.25) is 0 Å². The SMILES string of the molecule is C=C(c1cc(C(=O)OCC)c2cccnn12)C(C)CC. The standard InChI is InChI=1S/C16H20N2O2/c1-5-11(3)12(4)15-10-13(16(19)20-6-2)14-8-7-9-17-18(14)15/h7-11H,4-6H2,1-3H3. The lowest BCUT2D eigenvalue weighted by Gasteiger charge is -2.11. The van der Waals surface area contributed by atoms with Gasteiger partial charge in [0.15, 0.2) is 0 Å². The molecule has 0 aliphatic heterocycles. The van der Waals surface area contributed by atoms with E-state index in [0.29, 0.717) is 18.1 Å². The number of carbonyl (C=O) groups is 1. The van der Waals surface area contributed by atoms with Crippen LogP contribution in [-0.4, -0.2) is 22.2 Å². The van der Waals surface area contributed by atoms with Crippen molar-refractivity contribution in [2.45, 2.75) is 27.2 Å². The Labute approximate surface area is 119 Å². The summed E-state index contributed by atoms with van der Waals surface area (Å²) in [6, 6.07) is 5.51. The normalized spacial score (nSPS) is 12.3. The lowest BCUT2D eigenvalue weighted by atomic mass is 9.97. The highest BCUT2D eigenvalue weighted by atomic mass is 16.5. The Hall–Kier alpha value is -2.10. The molecule has 1 unspecified atom stereocenters. The Morgan fingerprint density at radius 2 is 2.25 bits per heavy atom. The maximum Gasteiger partial charge on any atom is 0.340 e. The van der Waals surface area contributed by atoms with E-state index in [9.17, 15) is 4.79 Å². The summed E-state index contributed by atoms with van der Waals surface area (Å²) >= 11 is 0. The number of esters is 1. The molecule has 2 heterocycles. The van der Waals surface area contributed by atoms with Gasteiger partial charge in [0.05, 0.1) is 23.4 Å². The number of hydrogen-bond acceptors (Lipinski definition) is 3. The third-order valence-corrected chi connectivity index (χ3v) is 3.57. The van der Waals surface area contributed by atoms with Gasteiger partial charge in [-0.05, 0) is 43.0 Å². The minimum Gasteiger partial charge on any atom is -0.462 e. The maximum atomic E-state index is 12.0. The van der Waals surface area contributed by atoms with Crippen LogP contribution in [0.3, 0.4) is 0 Å². The van der Waals surface area contributed by atoms with Crippen molar-refractivity contribution in [3.05, 3.63) is 42.2 Å². The van der Waals surface area contributed by atoms with Crippen LogP contribution < -0.4 is 0 Å². The summed E-state index contributed by atoms with van der Waals surface area (Å²) in [5, 5.41) is 4.33. The second-order valence-electron chi connectivity index (χ2n) is 4.82. The first kappa shape index (κ1) is 14.3. The highest BCUT2D eigenvalue weighted by molar-refractivity contribution is 5.98. The van der Waals surface area contributed by atoms with Gasteiger partial charge in [-0.2, -0.15) is 5.10 Å². The van der Waals surface area contributed by atoms with Crippen molar-refractivity contribution in [3.63, 3.8) is 0 Å². The molecule has 0 aliphatic carbocycles. The smallest absolute Gasteiger partial charge is 0.340 e. The summed E-state index contributed by atoms with van der Waals surface area (Å²) in [7, 11) is 0. The fourth-order valence-electron chi connectivity index (χ4n) is 2.14. The lowest BCUT2D eigenvalue weighted by Crippen LogP contribution is -2.04. The number of fused-ring (bicyclic) bond motifs is 1. The molecule has 106 valence electrons. The van der Waals surface area contributed by atoms with E-state index in [-0.39, 0.29) is 5.97 Å². The van der Waals surface area contributed by atoms with Crippen LogP contribution in [0.15, 0.2) is 31.0 Å². The Balaban J connectivity index is 2.57. The van der Waals surface area contributed by atoms with Gasteiger partial charge >= 0.3 is 5.97 Å². The summed E-state index contributed by atoms with van der Waals surface area (Å²) in [5.41, 5.74) is 3.15. The van der Waals surface area contributed by atoms with Crippen LogP contribution in [0.1, 0.15) is 43.2 Å². The zero-order valence-electron chi connectivity index (χ0n) is 12.2. The van der Waals surface area contributed by atoms with Crippen molar-refractivity contribution in [3.8, 4) is 0 Å². The van der Waals surface area contributed by atoms with Gasteiger partial charge in [0, 0.05) is 6.20 Å². The van der Waals surface area contributed by atoms with Crippen molar-refractivity contribution in [1.82, 2.24) is 9.61 Å². The molecule has 4 heteroatoms. The van der Waals surface area contributed by atoms with Crippen molar-refractivity contribution in [1.29, 1.82) is 0 Å². The molecule has 0 radical (unpaired) electrons. The van der Waals surface area contributed by atoms with Crippen molar-refractivity contribution in [2.24, 2.45) is 5.92 Å². The molecule has 2 rings (SSSR count). The Bertz CT molecular complexity index is 643. The van der Waals surface area contributed by atoms with Gasteiger partial charge in [-0.15, -0.1) is 0 Å². The van der Waals surface area contributed by atoms with Crippen LogP contribution in [0, 0.1) is 5.92 Å². The molecular weight excluding hydrogens is 252 g/mol. The highest BCUT2D eigenvalue weighted by Gasteiger charge is 2.19. The van der Waals surface area contributed by atoms with E-state index < -0.39 is 0 Å². The molecule has 0 aliphatic rings. The number of carbonyl (C=O) groups excluding carboxylic acids is 1. The van der Waals surface area contributed by atoms with E-state index in [1.165, 1.54) is 0 Å². The van der Waals surface area contributed by atoms with Crippen LogP contribution >= 0.6 is 0 Å². The number of nitrogens with zero attached hydrogens (tertiary/aromatic N) is 2. The molecule has 20 heavy (non-hydrogen) atoms. The van der Waals surface area contributed by atoms with Crippen molar-refractivity contribution < 1.29 is 9.53 Å². The van der Waals surface area contributed by atoms with Crippen LogP contribution in [0.25, 0.3) is 11.1 Å². The van der Waals surface area contributed by atoms with Gasteiger partial charge in [0.2, 0.25) is 0 Å². The fourth-order valence-corrected chi connectivity index (χ4v) is 2.14. The summed E-state index contributed by atoms with van der Waals surface area (Å²) < 4.78 is 6.87. The van der Waals surface area contributed by atoms with E-state index in [1.807, 2.05) is 18.2 Å². The predicted molar refractivity (Wildman–Crippen MR) is 79.6 cm³/mol. The van der Waals surface area contributed by atoms with Gasteiger partial charge in [0.1, 0.15) is 0 Å². The van der Waals surface area contributed by atoms with E-state index in [1.54, 1.807) is 17.6 Å². The number of hydrogen-bond donors (Lipinski definition) is 0. The predicted octanol–water partition coefficient (Wildman–Crippen LogP) is 3.57. The zero-order chi connectivity index (χ0) is 14.7. The molecule has 0 bridgehead atoms. The Morgan fingerprint density at radius 1 is 1.50 bits per heavy atom.